The second-order valence-electron chi connectivity index (χ2n) is 16.2. The standard InChI is InChI=1S/C58H37N5/c1-4-15-38(16-5-1)42-35-50(39-17-6-2-7-18-39)60-57(36-42)63-52-24-13-11-22-46(52)48-34-41(27-30-54(48)63)40-26-29-53-47(33-40)45-21-10-12-23-51(45)62(53)44-28-31-55-49(37-44)58-56(25-14-32-59-58)61(55)43-19-8-3-9-20-43/h1-37H. The van der Waals surface area contributed by atoms with Gasteiger partial charge in [-0.2, -0.15) is 0 Å². The summed E-state index contributed by atoms with van der Waals surface area (Å²) in [5.74, 6) is 0.891. The van der Waals surface area contributed by atoms with Crippen molar-refractivity contribution in [3.05, 3.63) is 225 Å². The maximum absolute atomic E-state index is 5.35. The number of aromatic nitrogens is 5. The Morgan fingerprint density at radius 2 is 0.810 bits per heavy atom. The second kappa shape index (κ2) is 14.0. The lowest BCUT2D eigenvalue weighted by atomic mass is 10.0. The molecule has 0 spiro atoms. The highest BCUT2D eigenvalue weighted by molar-refractivity contribution is 6.13. The molecule has 0 fully saturated rings. The van der Waals surface area contributed by atoms with E-state index in [1.54, 1.807) is 0 Å². The van der Waals surface area contributed by atoms with Gasteiger partial charge in [0.25, 0.3) is 0 Å². The Labute approximate surface area is 363 Å². The molecule has 5 aromatic heterocycles. The summed E-state index contributed by atoms with van der Waals surface area (Å²) in [6, 6.07) is 78.3. The zero-order valence-corrected chi connectivity index (χ0v) is 34.1. The molecule has 5 nitrogen and oxygen atoms in total. The van der Waals surface area contributed by atoms with Crippen LogP contribution in [0.2, 0.25) is 0 Å². The van der Waals surface area contributed by atoms with Crippen molar-refractivity contribution in [3.63, 3.8) is 0 Å². The first-order valence-corrected chi connectivity index (χ1v) is 21.4. The lowest BCUT2D eigenvalue weighted by Crippen LogP contribution is -2.00. The molecule has 0 aliphatic heterocycles. The zero-order valence-electron chi connectivity index (χ0n) is 34.1. The molecule has 13 aromatic rings. The molecule has 0 aliphatic rings. The van der Waals surface area contributed by atoms with Gasteiger partial charge in [-0.05, 0) is 113 Å². The summed E-state index contributed by atoms with van der Waals surface area (Å²) in [6.07, 6.45) is 1.89. The summed E-state index contributed by atoms with van der Waals surface area (Å²) in [5.41, 5.74) is 16.7. The van der Waals surface area contributed by atoms with Gasteiger partial charge in [0, 0.05) is 50.1 Å². The van der Waals surface area contributed by atoms with Crippen LogP contribution in [0.5, 0.6) is 0 Å². The minimum absolute atomic E-state index is 0.891. The molecule has 13 rings (SSSR count). The number of hydrogen-bond donors (Lipinski definition) is 0. The molecular weight excluding hydrogens is 767 g/mol. The van der Waals surface area contributed by atoms with E-state index in [9.17, 15) is 0 Å². The molecule has 0 aliphatic carbocycles. The number of pyridine rings is 2. The van der Waals surface area contributed by atoms with E-state index in [-0.39, 0.29) is 0 Å². The van der Waals surface area contributed by atoms with Gasteiger partial charge in [0.05, 0.1) is 44.3 Å². The van der Waals surface area contributed by atoms with E-state index in [1.807, 2.05) is 12.3 Å². The average molecular weight is 804 g/mol. The van der Waals surface area contributed by atoms with Crippen LogP contribution in [0.4, 0.5) is 0 Å². The molecule has 0 amide bonds. The fourth-order valence-corrected chi connectivity index (χ4v) is 9.83. The van der Waals surface area contributed by atoms with Gasteiger partial charge in [0.15, 0.2) is 0 Å². The van der Waals surface area contributed by atoms with Crippen molar-refractivity contribution in [2.24, 2.45) is 0 Å². The van der Waals surface area contributed by atoms with Gasteiger partial charge in [-0.3, -0.25) is 9.55 Å². The summed E-state index contributed by atoms with van der Waals surface area (Å²) >= 11 is 0. The Kier molecular flexibility index (Phi) is 7.84. The minimum Gasteiger partial charge on any atom is -0.309 e. The van der Waals surface area contributed by atoms with Gasteiger partial charge in [-0.15, -0.1) is 0 Å². The highest BCUT2D eigenvalue weighted by atomic mass is 15.1. The first-order chi connectivity index (χ1) is 31.2. The molecule has 294 valence electrons. The van der Waals surface area contributed by atoms with Crippen LogP contribution in [0.3, 0.4) is 0 Å². The van der Waals surface area contributed by atoms with Crippen molar-refractivity contribution >= 4 is 65.5 Å². The van der Waals surface area contributed by atoms with E-state index in [1.165, 1.54) is 38.2 Å². The molecule has 5 heterocycles. The molecule has 0 bridgehead atoms. The van der Waals surface area contributed by atoms with E-state index in [0.717, 1.165) is 78.1 Å². The molecule has 8 aromatic carbocycles. The summed E-state index contributed by atoms with van der Waals surface area (Å²) in [6.45, 7) is 0. The first-order valence-electron chi connectivity index (χ1n) is 21.4. The summed E-state index contributed by atoms with van der Waals surface area (Å²) in [5, 5.41) is 5.94. The van der Waals surface area contributed by atoms with Gasteiger partial charge in [-0.1, -0.05) is 127 Å². The number of fused-ring (bicyclic) bond motifs is 9. The fraction of sp³-hybridized carbons (Fsp3) is 0. The minimum atomic E-state index is 0.891. The number of nitrogens with zero attached hydrogens (tertiary/aromatic N) is 5. The lowest BCUT2D eigenvalue weighted by Gasteiger charge is -2.13. The molecule has 63 heavy (non-hydrogen) atoms. The zero-order chi connectivity index (χ0) is 41.4. The fourth-order valence-electron chi connectivity index (χ4n) is 9.83. The Morgan fingerprint density at radius 1 is 0.286 bits per heavy atom. The third-order valence-corrected chi connectivity index (χ3v) is 12.7. The van der Waals surface area contributed by atoms with Crippen LogP contribution >= 0.6 is 0 Å². The van der Waals surface area contributed by atoms with Gasteiger partial charge in [0.2, 0.25) is 0 Å². The molecule has 0 saturated heterocycles. The normalized spacial score (nSPS) is 11.8. The van der Waals surface area contributed by atoms with Crippen LogP contribution in [0.25, 0.3) is 116 Å². The lowest BCUT2D eigenvalue weighted by molar-refractivity contribution is 1.08. The third-order valence-electron chi connectivity index (χ3n) is 12.7. The largest absolute Gasteiger partial charge is 0.309 e. The van der Waals surface area contributed by atoms with Crippen molar-refractivity contribution in [2.75, 3.05) is 0 Å². The van der Waals surface area contributed by atoms with Crippen molar-refractivity contribution in [1.29, 1.82) is 0 Å². The summed E-state index contributed by atoms with van der Waals surface area (Å²) in [7, 11) is 0. The van der Waals surface area contributed by atoms with E-state index in [4.69, 9.17) is 9.97 Å². The smallest absolute Gasteiger partial charge is 0.138 e. The van der Waals surface area contributed by atoms with Crippen molar-refractivity contribution in [1.82, 2.24) is 23.7 Å². The topological polar surface area (TPSA) is 40.6 Å². The number of rotatable bonds is 6. The monoisotopic (exact) mass is 803 g/mol. The molecule has 0 atom stereocenters. The molecule has 0 N–H and O–H groups in total. The highest BCUT2D eigenvalue weighted by Crippen LogP contribution is 2.40. The van der Waals surface area contributed by atoms with Crippen LogP contribution in [0.15, 0.2) is 225 Å². The Balaban J connectivity index is 0.966. The summed E-state index contributed by atoms with van der Waals surface area (Å²) in [4.78, 5) is 10.2. The van der Waals surface area contributed by atoms with Crippen LogP contribution in [0, 0.1) is 0 Å². The van der Waals surface area contributed by atoms with Gasteiger partial charge >= 0.3 is 0 Å². The van der Waals surface area contributed by atoms with Gasteiger partial charge < -0.3 is 9.13 Å². The van der Waals surface area contributed by atoms with Crippen molar-refractivity contribution in [2.45, 2.75) is 0 Å². The Morgan fingerprint density at radius 3 is 1.51 bits per heavy atom. The number of hydrogen-bond acceptors (Lipinski definition) is 2. The quantitative estimate of drug-likeness (QED) is 0.168. The number of benzene rings is 8. The number of para-hydroxylation sites is 3. The van der Waals surface area contributed by atoms with E-state index in [0.29, 0.717) is 0 Å². The van der Waals surface area contributed by atoms with Gasteiger partial charge in [0.1, 0.15) is 5.82 Å². The SMILES string of the molecule is c1ccc(-c2cc(-c3ccccc3)nc(-n3c4ccccc4c4cc(-c5ccc6c(c5)c5ccccc5n6-c5ccc6c(c5)c5ncccc5n6-c5ccccc5)ccc43)c2)cc1. The van der Waals surface area contributed by atoms with E-state index >= 15 is 0 Å². The maximum Gasteiger partial charge on any atom is 0.138 e. The summed E-state index contributed by atoms with van der Waals surface area (Å²) < 4.78 is 7.04. The maximum atomic E-state index is 5.35. The van der Waals surface area contributed by atoms with Gasteiger partial charge in [-0.25, -0.2) is 4.98 Å². The molecule has 0 radical (unpaired) electrons. The molecule has 0 saturated carbocycles. The average Bonchev–Trinajstić information content (AvgIpc) is 3.99. The highest BCUT2D eigenvalue weighted by Gasteiger charge is 2.20. The van der Waals surface area contributed by atoms with E-state index < -0.39 is 0 Å². The van der Waals surface area contributed by atoms with E-state index in [2.05, 4.69) is 226 Å². The van der Waals surface area contributed by atoms with Crippen molar-refractivity contribution in [3.8, 4) is 50.7 Å². The van der Waals surface area contributed by atoms with Crippen LogP contribution < -0.4 is 0 Å². The molecule has 5 heteroatoms. The first kappa shape index (κ1) is 35.2. The van der Waals surface area contributed by atoms with Crippen LogP contribution in [-0.4, -0.2) is 23.7 Å². The van der Waals surface area contributed by atoms with Crippen LogP contribution in [0.1, 0.15) is 0 Å². The third kappa shape index (κ3) is 5.57. The predicted molar refractivity (Wildman–Crippen MR) is 261 cm³/mol. The Hall–Kier alpha value is -8.54. The molecule has 0 unspecified atom stereocenters. The second-order valence-corrected chi connectivity index (χ2v) is 16.2. The van der Waals surface area contributed by atoms with Crippen LogP contribution in [-0.2, 0) is 0 Å². The molecular formula is C58H37N5. The van der Waals surface area contributed by atoms with Crippen molar-refractivity contribution < 1.29 is 0 Å². The predicted octanol–water partition coefficient (Wildman–Crippen LogP) is 14.8. The Bertz CT molecular complexity index is 3840.